The molecule has 0 aromatic heterocycles. The third kappa shape index (κ3) is 6.64. The summed E-state index contributed by atoms with van der Waals surface area (Å²) >= 11 is 2.23. The average molecular weight is 454 g/mol. The van der Waals surface area contributed by atoms with Crippen molar-refractivity contribution < 1.29 is 19.2 Å². The van der Waals surface area contributed by atoms with Crippen molar-refractivity contribution in [1.82, 2.24) is 0 Å². The van der Waals surface area contributed by atoms with Gasteiger partial charge in [0.1, 0.15) is 0 Å². The summed E-state index contributed by atoms with van der Waals surface area (Å²) < 4.78 is 0. The summed E-state index contributed by atoms with van der Waals surface area (Å²) in [4.78, 5) is 0. The topological polar surface area (TPSA) is 0 Å². The molecule has 5 aromatic carbocycles. The Morgan fingerprint density at radius 1 is 0.645 bits per heavy atom. The molecule has 0 amide bonds. The summed E-state index contributed by atoms with van der Waals surface area (Å²) in [6.07, 6.45) is 0. The first-order chi connectivity index (χ1) is 15.0. The van der Waals surface area contributed by atoms with E-state index in [4.69, 9.17) is 0 Å². The van der Waals surface area contributed by atoms with Crippen LogP contribution in [0.1, 0.15) is 27.8 Å². The molecule has 2 heteroatoms. The predicted molar refractivity (Wildman–Crippen MR) is 134 cm³/mol. The molecule has 31 heavy (non-hydrogen) atoms. The van der Waals surface area contributed by atoms with Gasteiger partial charge in [0.05, 0.1) is 0 Å². The summed E-state index contributed by atoms with van der Waals surface area (Å²) in [6.45, 7) is 9.62. The zero-order valence-corrected chi connectivity index (χ0v) is 21.4. The molecule has 153 valence electrons. The van der Waals surface area contributed by atoms with Gasteiger partial charge < -0.3 is 0 Å². The van der Waals surface area contributed by atoms with Crippen LogP contribution in [0.4, 0.5) is 0 Å². The van der Waals surface area contributed by atoms with E-state index in [1.165, 1.54) is 55.4 Å². The van der Waals surface area contributed by atoms with Gasteiger partial charge in [0.2, 0.25) is 0 Å². The Morgan fingerprint density at radius 2 is 1.13 bits per heavy atom. The fraction of sp³-hybridized carbons (Fsp3) is 0.172. The van der Waals surface area contributed by atoms with Crippen molar-refractivity contribution in [3.8, 4) is 0 Å². The Bertz CT molecular complexity index is 1180. The molecule has 0 aliphatic heterocycles. The number of hydrogen-bond donors (Lipinski definition) is 0. The van der Waals surface area contributed by atoms with E-state index >= 15 is 0 Å². The Balaban J connectivity index is 0.000000133. The number of aryl methyl sites for hydroxylation is 4. The molecule has 0 bridgehead atoms. The molecule has 5 rings (SSSR count). The molecule has 0 fully saturated rings. The predicted octanol–water partition coefficient (Wildman–Crippen LogP) is 7.70. The third-order valence-electron chi connectivity index (χ3n) is 5.36. The average Bonchev–Trinajstić information content (AvgIpc) is 3.33. The van der Waals surface area contributed by atoms with E-state index < -0.39 is 0 Å². The van der Waals surface area contributed by atoms with Gasteiger partial charge in [-0.05, 0) is 13.8 Å². The first-order valence-corrected chi connectivity index (χ1v) is 14.2. The molecule has 0 saturated heterocycles. The van der Waals surface area contributed by atoms with Crippen molar-refractivity contribution in [2.24, 2.45) is 0 Å². The van der Waals surface area contributed by atoms with Crippen LogP contribution >= 0.6 is 0 Å². The standard InChI is InChI=1S/2C11H11.C7H7Si.Ti/c2*1-8-6-10-5-3-4-9(2)11(10)7-8;8-6-7-4-2-1-3-5-7;/h2*3-7H,1-2H3;1-5H,6H2;/q2*-1;;+2. The van der Waals surface area contributed by atoms with Crippen LogP contribution in [0, 0.1) is 27.7 Å². The summed E-state index contributed by atoms with van der Waals surface area (Å²) in [5.74, 6) is 0. The molecule has 1 radical (unpaired) electrons. The van der Waals surface area contributed by atoms with E-state index in [9.17, 15) is 0 Å². The molecule has 0 spiro atoms. The van der Waals surface area contributed by atoms with Crippen LogP contribution in [0.15, 0.2) is 91.0 Å². The van der Waals surface area contributed by atoms with Gasteiger partial charge in [0.25, 0.3) is 0 Å². The Kier molecular flexibility index (Phi) is 8.66. The van der Waals surface area contributed by atoms with Crippen LogP contribution in [-0.2, 0) is 25.2 Å². The zero-order chi connectivity index (χ0) is 22.2. The fourth-order valence-corrected chi connectivity index (χ4v) is 5.18. The van der Waals surface area contributed by atoms with Gasteiger partial charge in [-0.1, -0.05) is 37.1 Å². The summed E-state index contributed by atoms with van der Waals surface area (Å²) in [5, 5.41) is 5.51. The van der Waals surface area contributed by atoms with Crippen molar-refractivity contribution in [2.75, 3.05) is 0 Å². The maximum atomic E-state index is 2.24. The van der Waals surface area contributed by atoms with Gasteiger partial charge >= 0.3 is 68.0 Å². The first kappa shape index (κ1) is 23.5. The van der Waals surface area contributed by atoms with E-state index in [1.54, 1.807) is 0 Å². The first-order valence-electron chi connectivity index (χ1n) is 10.7. The molecule has 5 aromatic rings. The monoisotopic (exact) mass is 453 g/mol. The van der Waals surface area contributed by atoms with E-state index in [2.05, 4.69) is 138 Å². The van der Waals surface area contributed by atoms with Crippen LogP contribution < -0.4 is 0 Å². The molecular formula is C29H29SiTi. The van der Waals surface area contributed by atoms with E-state index in [1.807, 2.05) is 0 Å². The molecule has 0 heterocycles. The van der Waals surface area contributed by atoms with Crippen LogP contribution in [0.25, 0.3) is 21.5 Å². The number of fused-ring (bicyclic) bond motifs is 2. The van der Waals surface area contributed by atoms with Crippen LogP contribution in [0.3, 0.4) is 0 Å². The number of hydrogen-bond acceptors (Lipinski definition) is 0. The Labute approximate surface area is 199 Å². The van der Waals surface area contributed by atoms with Gasteiger partial charge in [0, 0.05) is 0 Å². The van der Waals surface area contributed by atoms with Crippen LogP contribution in [0.5, 0.6) is 0 Å². The molecule has 0 aliphatic carbocycles. The minimum atomic E-state index is 1.04. The fourth-order valence-electron chi connectivity index (χ4n) is 3.78. The molecule has 0 N–H and O–H groups in total. The maximum absolute atomic E-state index is 2.24. The van der Waals surface area contributed by atoms with Crippen molar-refractivity contribution in [3.63, 3.8) is 0 Å². The summed E-state index contributed by atoms with van der Waals surface area (Å²) in [5.41, 5.74) is 6.91. The number of benzene rings is 3. The molecule has 0 saturated carbocycles. The van der Waals surface area contributed by atoms with E-state index in [-0.39, 0.29) is 0 Å². The second-order valence-corrected chi connectivity index (χ2v) is 10.4. The SMILES string of the molecule is Cc1cc2c(C)cccc2[cH-]1.Cc1cc2c(C)cccc2[cH-]1.[Ti+2]=[Si]Cc1ccccc1. The summed E-state index contributed by atoms with van der Waals surface area (Å²) in [7, 11) is 0. The Morgan fingerprint density at radius 3 is 1.55 bits per heavy atom. The second-order valence-electron chi connectivity index (χ2n) is 8.06. The van der Waals surface area contributed by atoms with Crippen LogP contribution in [0.2, 0.25) is 0 Å². The molecule has 0 aliphatic rings. The molecule has 0 nitrogen and oxygen atoms in total. The normalized spacial score (nSPS) is 10.3. The third-order valence-corrected chi connectivity index (χ3v) is 6.77. The van der Waals surface area contributed by atoms with Crippen molar-refractivity contribution in [3.05, 3.63) is 119 Å². The van der Waals surface area contributed by atoms with Gasteiger partial charge in [0.15, 0.2) is 0 Å². The molecule has 0 atom stereocenters. The minimum absolute atomic E-state index is 1.04. The van der Waals surface area contributed by atoms with Gasteiger partial charge in [-0.25, -0.2) is 0 Å². The van der Waals surface area contributed by atoms with Gasteiger partial charge in [-0.15, -0.1) is 69.1 Å². The second kappa shape index (κ2) is 11.4. The van der Waals surface area contributed by atoms with Crippen molar-refractivity contribution in [2.45, 2.75) is 33.7 Å². The molecular weight excluding hydrogens is 424 g/mol. The number of rotatable bonds is 2. The van der Waals surface area contributed by atoms with Gasteiger partial charge in [-0.3, -0.25) is 0 Å². The van der Waals surface area contributed by atoms with E-state index in [0.717, 1.165) is 6.91 Å². The quantitative estimate of drug-likeness (QED) is 0.190. The zero-order valence-electron chi connectivity index (χ0n) is 18.9. The van der Waals surface area contributed by atoms with Crippen molar-refractivity contribution in [1.29, 1.82) is 0 Å². The van der Waals surface area contributed by atoms with Crippen LogP contribution in [-0.4, -0.2) is 6.91 Å². The summed E-state index contributed by atoms with van der Waals surface area (Å²) in [6, 6.07) is 33.6. The Hall–Kier alpha value is -2.19. The molecule has 0 unspecified atom stereocenters. The van der Waals surface area contributed by atoms with Crippen molar-refractivity contribution >= 4 is 28.5 Å². The van der Waals surface area contributed by atoms with Gasteiger partial charge in [-0.2, -0.15) is 12.1 Å². The van der Waals surface area contributed by atoms with E-state index in [0.29, 0.717) is 0 Å².